The van der Waals surface area contributed by atoms with Gasteiger partial charge in [-0.05, 0) is 62.8 Å². The van der Waals surface area contributed by atoms with Crippen LogP contribution in [0, 0.1) is 5.92 Å². The number of carbonyl (C=O) groups excluding carboxylic acids is 2. The molecule has 3 rings (SSSR count). The van der Waals surface area contributed by atoms with E-state index >= 15 is 0 Å². The number of ether oxygens (including phenoxy) is 2. The van der Waals surface area contributed by atoms with Crippen LogP contribution in [0.25, 0.3) is 0 Å². The SMILES string of the molecule is CCOC(=O)c1c(NC(=O)C(C)Oc2cccc(Br)c2)sc2c1CCC(C)C2. The fraction of sp³-hybridized carbons (Fsp3) is 0.429. The number of thiophene rings is 1. The van der Waals surface area contributed by atoms with Crippen LogP contribution in [0.1, 0.15) is 48.0 Å². The number of fused-ring (bicyclic) bond motifs is 1. The van der Waals surface area contributed by atoms with E-state index in [1.165, 1.54) is 11.3 Å². The number of esters is 1. The fourth-order valence-corrected chi connectivity index (χ4v) is 5.05. The Balaban J connectivity index is 1.80. The minimum Gasteiger partial charge on any atom is -0.481 e. The molecule has 0 saturated carbocycles. The summed E-state index contributed by atoms with van der Waals surface area (Å²) in [4.78, 5) is 26.4. The first-order valence-corrected chi connectivity index (χ1v) is 11.0. The fourth-order valence-electron chi connectivity index (χ4n) is 3.27. The molecule has 0 aliphatic heterocycles. The number of benzene rings is 1. The van der Waals surface area contributed by atoms with Crippen LogP contribution in [0.5, 0.6) is 5.75 Å². The molecule has 0 spiro atoms. The average Bonchev–Trinajstić information content (AvgIpc) is 2.98. The molecule has 1 aromatic carbocycles. The largest absolute Gasteiger partial charge is 0.481 e. The van der Waals surface area contributed by atoms with Crippen LogP contribution in [0.4, 0.5) is 5.00 Å². The second kappa shape index (κ2) is 9.09. The molecule has 2 atom stereocenters. The van der Waals surface area contributed by atoms with Gasteiger partial charge in [0, 0.05) is 9.35 Å². The van der Waals surface area contributed by atoms with Crippen molar-refractivity contribution in [3.63, 3.8) is 0 Å². The summed E-state index contributed by atoms with van der Waals surface area (Å²) in [7, 11) is 0. The second-order valence-corrected chi connectivity index (χ2v) is 9.00. The maximum Gasteiger partial charge on any atom is 0.341 e. The van der Waals surface area contributed by atoms with Crippen molar-refractivity contribution in [1.82, 2.24) is 0 Å². The summed E-state index contributed by atoms with van der Waals surface area (Å²) in [6.45, 7) is 5.98. The molecule has 5 nitrogen and oxygen atoms in total. The third kappa shape index (κ3) is 4.75. The van der Waals surface area contributed by atoms with Gasteiger partial charge < -0.3 is 14.8 Å². The molecule has 2 aromatic rings. The second-order valence-electron chi connectivity index (χ2n) is 6.98. The van der Waals surface area contributed by atoms with Gasteiger partial charge in [0.05, 0.1) is 12.2 Å². The van der Waals surface area contributed by atoms with Gasteiger partial charge in [0.1, 0.15) is 10.8 Å². The standard InChI is InChI=1S/C21H24BrNO4S/c1-4-26-21(25)18-16-9-8-12(2)10-17(16)28-20(18)23-19(24)13(3)27-15-7-5-6-14(22)11-15/h5-7,11-13H,4,8-10H2,1-3H3,(H,23,24). The zero-order valence-corrected chi connectivity index (χ0v) is 18.6. The van der Waals surface area contributed by atoms with E-state index in [1.807, 2.05) is 12.1 Å². The molecule has 0 fully saturated rings. The van der Waals surface area contributed by atoms with Crippen LogP contribution >= 0.6 is 27.3 Å². The maximum atomic E-state index is 12.7. The van der Waals surface area contributed by atoms with Crippen molar-refractivity contribution in [1.29, 1.82) is 0 Å². The van der Waals surface area contributed by atoms with E-state index in [2.05, 4.69) is 28.2 Å². The van der Waals surface area contributed by atoms with Crippen molar-refractivity contribution in [2.45, 2.75) is 46.1 Å². The van der Waals surface area contributed by atoms with Gasteiger partial charge in [-0.2, -0.15) is 0 Å². The van der Waals surface area contributed by atoms with Crippen molar-refractivity contribution in [2.24, 2.45) is 5.92 Å². The molecule has 0 radical (unpaired) electrons. The van der Waals surface area contributed by atoms with Crippen molar-refractivity contribution in [3.8, 4) is 5.75 Å². The summed E-state index contributed by atoms with van der Waals surface area (Å²) in [5.74, 6) is 0.507. The van der Waals surface area contributed by atoms with Crippen LogP contribution in [-0.2, 0) is 22.4 Å². The molecular formula is C21H24BrNO4S. The highest BCUT2D eigenvalue weighted by Crippen LogP contribution is 2.40. The first-order valence-electron chi connectivity index (χ1n) is 9.43. The molecule has 1 aliphatic rings. The number of nitrogens with one attached hydrogen (secondary N) is 1. The van der Waals surface area contributed by atoms with Gasteiger partial charge in [-0.15, -0.1) is 11.3 Å². The van der Waals surface area contributed by atoms with Gasteiger partial charge in [0.25, 0.3) is 5.91 Å². The van der Waals surface area contributed by atoms with Gasteiger partial charge in [0.2, 0.25) is 0 Å². The molecule has 1 aliphatic carbocycles. The Kier molecular flexibility index (Phi) is 6.78. The highest BCUT2D eigenvalue weighted by atomic mass is 79.9. The molecule has 28 heavy (non-hydrogen) atoms. The van der Waals surface area contributed by atoms with E-state index in [0.717, 1.165) is 34.2 Å². The number of rotatable bonds is 6. The molecular weight excluding hydrogens is 442 g/mol. The average molecular weight is 466 g/mol. The van der Waals surface area contributed by atoms with Gasteiger partial charge in [-0.1, -0.05) is 28.9 Å². The van der Waals surface area contributed by atoms with Crippen LogP contribution < -0.4 is 10.1 Å². The smallest absolute Gasteiger partial charge is 0.341 e. The first kappa shape index (κ1) is 20.9. The maximum absolute atomic E-state index is 12.7. The van der Waals surface area contributed by atoms with Crippen molar-refractivity contribution < 1.29 is 19.1 Å². The lowest BCUT2D eigenvalue weighted by molar-refractivity contribution is -0.122. The molecule has 1 N–H and O–H groups in total. The molecule has 0 bridgehead atoms. The number of carbonyl (C=O) groups is 2. The lowest BCUT2D eigenvalue weighted by Crippen LogP contribution is -2.30. The van der Waals surface area contributed by atoms with Gasteiger partial charge in [0.15, 0.2) is 6.10 Å². The van der Waals surface area contributed by atoms with E-state index in [-0.39, 0.29) is 11.9 Å². The molecule has 1 heterocycles. The zero-order chi connectivity index (χ0) is 20.3. The predicted octanol–water partition coefficient (Wildman–Crippen LogP) is 5.22. The Morgan fingerprint density at radius 2 is 2.18 bits per heavy atom. The summed E-state index contributed by atoms with van der Waals surface area (Å²) in [5, 5.41) is 3.46. The van der Waals surface area contributed by atoms with Crippen molar-refractivity contribution in [3.05, 3.63) is 44.7 Å². The lowest BCUT2D eigenvalue weighted by atomic mass is 9.88. The summed E-state index contributed by atoms with van der Waals surface area (Å²) in [5.41, 5.74) is 1.54. The van der Waals surface area contributed by atoms with E-state index in [0.29, 0.717) is 28.8 Å². The topological polar surface area (TPSA) is 64.6 Å². The lowest BCUT2D eigenvalue weighted by Gasteiger charge is -2.18. The van der Waals surface area contributed by atoms with E-state index < -0.39 is 6.10 Å². The Bertz CT molecular complexity index is 879. The minimum atomic E-state index is -0.706. The van der Waals surface area contributed by atoms with Crippen LogP contribution in [0.2, 0.25) is 0 Å². The van der Waals surface area contributed by atoms with Gasteiger partial charge in [-0.25, -0.2) is 4.79 Å². The predicted molar refractivity (Wildman–Crippen MR) is 114 cm³/mol. The third-order valence-corrected chi connectivity index (χ3v) is 6.37. The summed E-state index contributed by atoms with van der Waals surface area (Å²) < 4.78 is 11.9. The highest BCUT2D eigenvalue weighted by molar-refractivity contribution is 9.10. The number of hydrogen-bond acceptors (Lipinski definition) is 5. The number of anilines is 1. The first-order chi connectivity index (χ1) is 13.4. The summed E-state index contributed by atoms with van der Waals surface area (Å²) in [6.07, 6.45) is 2.08. The Morgan fingerprint density at radius 1 is 1.39 bits per heavy atom. The van der Waals surface area contributed by atoms with E-state index in [4.69, 9.17) is 9.47 Å². The number of amides is 1. The number of hydrogen-bond donors (Lipinski definition) is 1. The van der Waals surface area contributed by atoms with Crippen LogP contribution in [0.3, 0.4) is 0 Å². The van der Waals surface area contributed by atoms with Crippen LogP contribution in [0.15, 0.2) is 28.7 Å². The molecule has 2 unspecified atom stereocenters. The van der Waals surface area contributed by atoms with E-state index in [1.54, 1.807) is 26.0 Å². The number of halogens is 1. The van der Waals surface area contributed by atoms with E-state index in [9.17, 15) is 9.59 Å². The van der Waals surface area contributed by atoms with Crippen LogP contribution in [-0.4, -0.2) is 24.6 Å². The summed E-state index contributed by atoms with van der Waals surface area (Å²) in [6, 6.07) is 7.33. The van der Waals surface area contributed by atoms with Gasteiger partial charge >= 0.3 is 5.97 Å². The molecule has 1 amide bonds. The Morgan fingerprint density at radius 3 is 2.89 bits per heavy atom. The molecule has 1 aromatic heterocycles. The molecule has 7 heteroatoms. The molecule has 150 valence electrons. The normalized spacial score (nSPS) is 16.8. The van der Waals surface area contributed by atoms with Crippen molar-refractivity contribution in [2.75, 3.05) is 11.9 Å². The van der Waals surface area contributed by atoms with Crippen molar-refractivity contribution >= 4 is 44.1 Å². The van der Waals surface area contributed by atoms with Gasteiger partial charge in [-0.3, -0.25) is 4.79 Å². The minimum absolute atomic E-state index is 0.294. The third-order valence-electron chi connectivity index (χ3n) is 4.71. The molecule has 0 saturated heterocycles. The quantitative estimate of drug-likeness (QED) is 0.593. The monoisotopic (exact) mass is 465 g/mol. The Labute approximate surface area is 177 Å². The Hall–Kier alpha value is -1.86. The zero-order valence-electron chi connectivity index (χ0n) is 16.2. The highest BCUT2D eigenvalue weighted by Gasteiger charge is 2.30. The summed E-state index contributed by atoms with van der Waals surface area (Å²) >= 11 is 4.87.